The number of hydrogen-bond acceptors (Lipinski definition) is 2. The van der Waals surface area contributed by atoms with Crippen molar-refractivity contribution in [2.45, 2.75) is 65.1 Å². The van der Waals surface area contributed by atoms with Gasteiger partial charge in [-0.15, -0.1) is 0 Å². The van der Waals surface area contributed by atoms with Gasteiger partial charge in [0.2, 0.25) is 5.91 Å². The van der Waals surface area contributed by atoms with Gasteiger partial charge < -0.3 is 10.6 Å². The van der Waals surface area contributed by atoms with Gasteiger partial charge in [-0.05, 0) is 46.5 Å². The zero-order valence-corrected chi connectivity index (χ0v) is 10.6. The van der Waals surface area contributed by atoms with E-state index < -0.39 is 0 Å². The van der Waals surface area contributed by atoms with Gasteiger partial charge in [-0.1, -0.05) is 6.92 Å². The SMILES string of the molecule is CC1CC(NC(C)C(=O)NC(C)(C)C)C1. The van der Waals surface area contributed by atoms with Crippen molar-refractivity contribution in [1.82, 2.24) is 10.6 Å². The van der Waals surface area contributed by atoms with Gasteiger partial charge in [0.25, 0.3) is 0 Å². The van der Waals surface area contributed by atoms with Crippen LogP contribution in [0.1, 0.15) is 47.5 Å². The predicted octanol–water partition coefficient (Wildman–Crippen LogP) is 1.68. The molecule has 0 spiro atoms. The van der Waals surface area contributed by atoms with Crippen LogP contribution in [-0.2, 0) is 4.79 Å². The number of carbonyl (C=O) groups is 1. The van der Waals surface area contributed by atoms with E-state index in [1.165, 1.54) is 12.8 Å². The summed E-state index contributed by atoms with van der Waals surface area (Å²) in [6.45, 7) is 10.2. The van der Waals surface area contributed by atoms with Crippen LogP contribution in [0.2, 0.25) is 0 Å². The number of carbonyl (C=O) groups excluding carboxylic acids is 1. The normalized spacial score (nSPS) is 28.1. The van der Waals surface area contributed by atoms with Crippen molar-refractivity contribution in [1.29, 1.82) is 0 Å². The van der Waals surface area contributed by atoms with E-state index >= 15 is 0 Å². The van der Waals surface area contributed by atoms with E-state index in [0.29, 0.717) is 6.04 Å². The van der Waals surface area contributed by atoms with Crippen LogP contribution in [0.3, 0.4) is 0 Å². The summed E-state index contributed by atoms with van der Waals surface area (Å²) in [6, 6.07) is 0.461. The fourth-order valence-electron chi connectivity index (χ4n) is 1.95. The first kappa shape index (κ1) is 12.5. The highest BCUT2D eigenvalue weighted by molar-refractivity contribution is 5.81. The summed E-state index contributed by atoms with van der Waals surface area (Å²) >= 11 is 0. The van der Waals surface area contributed by atoms with E-state index in [1.54, 1.807) is 0 Å². The lowest BCUT2D eigenvalue weighted by atomic mass is 9.81. The lowest BCUT2D eigenvalue weighted by molar-refractivity contribution is -0.124. The number of nitrogens with one attached hydrogen (secondary N) is 2. The van der Waals surface area contributed by atoms with Gasteiger partial charge in [0, 0.05) is 11.6 Å². The molecule has 3 heteroatoms. The molecule has 1 aliphatic carbocycles. The van der Waals surface area contributed by atoms with Crippen LogP contribution in [0, 0.1) is 5.92 Å². The molecule has 88 valence electrons. The summed E-state index contributed by atoms with van der Waals surface area (Å²) in [7, 11) is 0. The Balaban J connectivity index is 2.27. The molecule has 0 saturated heterocycles. The summed E-state index contributed by atoms with van der Waals surface area (Å²) in [6.07, 6.45) is 2.40. The van der Waals surface area contributed by atoms with Crippen molar-refractivity contribution in [3.8, 4) is 0 Å². The lowest BCUT2D eigenvalue weighted by Gasteiger charge is -2.36. The third-order valence-corrected chi connectivity index (χ3v) is 2.75. The molecule has 2 N–H and O–H groups in total. The Labute approximate surface area is 93.0 Å². The molecule has 0 aliphatic heterocycles. The smallest absolute Gasteiger partial charge is 0.237 e. The van der Waals surface area contributed by atoms with Gasteiger partial charge in [-0.25, -0.2) is 0 Å². The third-order valence-electron chi connectivity index (χ3n) is 2.75. The maximum atomic E-state index is 11.7. The second kappa shape index (κ2) is 4.52. The van der Waals surface area contributed by atoms with Gasteiger partial charge in [-0.2, -0.15) is 0 Å². The Morgan fingerprint density at radius 3 is 2.27 bits per heavy atom. The first-order valence-electron chi connectivity index (χ1n) is 5.86. The lowest BCUT2D eigenvalue weighted by Crippen LogP contribution is -2.54. The van der Waals surface area contributed by atoms with E-state index in [0.717, 1.165) is 5.92 Å². The Morgan fingerprint density at radius 1 is 1.33 bits per heavy atom. The molecule has 0 aromatic heterocycles. The zero-order valence-electron chi connectivity index (χ0n) is 10.6. The van der Waals surface area contributed by atoms with E-state index in [2.05, 4.69) is 17.6 Å². The number of hydrogen-bond donors (Lipinski definition) is 2. The summed E-state index contributed by atoms with van der Waals surface area (Å²) in [5.74, 6) is 0.919. The van der Waals surface area contributed by atoms with Crippen LogP contribution in [0.25, 0.3) is 0 Å². The molecule has 0 heterocycles. The van der Waals surface area contributed by atoms with E-state index in [9.17, 15) is 4.79 Å². The van der Waals surface area contributed by atoms with Crippen molar-refractivity contribution in [2.24, 2.45) is 5.92 Å². The van der Waals surface area contributed by atoms with Crippen molar-refractivity contribution < 1.29 is 4.79 Å². The highest BCUT2D eigenvalue weighted by Crippen LogP contribution is 2.26. The Hall–Kier alpha value is -0.570. The highest BCUT2D eigenvalue weighted by atomic mass is 16.2. The van der Waals surface area contributed by atoms with Gasteiger partial charge in [-0.3, -0.25) is 4.79 Å². The average Bonchev–Trinajstić information content (AvgIpc) is 1.98. The molecule has 0 radical (unpaired) electrons. The Bertz CT molecular complexity index is 226. The number of rotatable bonds is 3. The molecule has 1 aliphatic rings. The van der Waals surface area contributed by atoms with Crippen LogP contribution in [0.5, 0.6) is 0 Å². The summed E-state index contributed by atoms with van der Waals surface area (Å²) in [5, 5.41) is 6.34. The standard InChI is InChI=1S/C12H24N2O/c1-8-6-10(7-8)13-9(2)11(15)14-12(3,4)5/h8-10,13H,6-7H2,1-5H3,(H,14,15). The second-order valence-electron chi connectivity index (χ2n) is 5.90. The van der Waals surface area contributed by atoms with Crippen molar-refractivity contribution in [3.05, 3.63) is 0 Å². The fraction of sp³-hybridized carbons (Fsp3) is 0.917. The fourth-order valence-corrected chi connectivity index (χ4v) is 1.95. The van der Waals surface area contributed by atoms with Gasteiger partial charge in [0.1, 0.15) is 0 Å². The van der Waals surface area contributed by atoms with Crippen molar-refractivity contribution in [3.63, 3.8) is 0 Å². The molecule has 1 fully saturated rings. The highest BCUT2D eigenvalue weighted by Gasteiger charge is 2.28. The monoisotopic (exact) mass is 212 g/mol. The second-order valence-corrected chi connectivity index (χ2v) is 5.90. The minimum atomic E-state index is -0.139. The van der Waals surface area contributed by atoms with Crippen molar-refractivity contribution >= 4 is 5.91 Å². The molecule has 3 nitrogen and oxygen atoms in total. The molecule has 1 saturated carbocycles. The number of amides is 1. The van der Waals surface area contributed by atoms with Crippen LogP contribution < -0.4 is 10.6 Å². The molecular formula is C12H24N2O. The average molecular weight is 212 g/mol. The zero-order chi connectivity index (χ0) is 11.6. The molecule has 0 aromatic rings. The molecule has 1 rings (SSSR count). The maximum Gasteiger partial charge on any atom is 0.237 e. The summed E-state index contributed by atoms with van der Waals surface area (Å²) in [5.41, 5.74) is -0.139. The van der Waals surface area contributed by atoms with Gasteiger partial charge in [0.15, 0.2) is 0 Å². The van der Waals surface area contributed by atoms with Gasteiger partial charge in [0.05, 0.1) is 6.04 Å². The molecule has 1 unspecified atom stereocenters. The predicted molar refractivity (Wildman–Crippen MR) is 62.7 cm³/mol. The summed E-state index contributed by atoms with van der Waals surface area (Å²) in [4.78, 5) is 11.7. The van der Waals surface area contributed by atoms with Crippen molar-refractivity contribution in [2.75, 3.05) is 0 Å². The van der Waals surface area contributed by atoms with Gasteiger partial charge >= 0.3 is 0 Å². The minimum absolute atomic E-state index is 0.0817. The molecule has 0 aromatic carbocycles. The molecule has 15 heavy (non-hydrogen) atoms. The maximum absolute atomic E-state index is 11.7. The van der Waals surface area contributed by atoms with Crippen LogP contribution >= 0.6 is 0 Å². The molecule has 1 atom stereocenters. The van der Waals surface area contributed by atoms with Crippen LogP contribution in [-0.4, -0.2) is 23.5 Å². The Kier molecular flexibility index (Phi) is 3.77. The molecular weight excluding hydrogens is 188 g/mol. The molecule has 1 amide bonds. The largest absolute Gasteiger partial charge is 0.350 e. The van der Waals surface area contributed by atoms with Crippen LogP contribution in [0.15, 0.2) is 0 Å². The van der Waals surface area contributed by atoms with E-state index in [1.807, 2.05) is 27.7 Å². The van der Waals surface area contributed by atoms with Crippen LogP contribution in [0.4, 0.5) is 0 Å². The third kappa shape index (κ3) is 4.20. The quantitative estimate of drug-likeness (QED) is 0.747. The first-order valence-corrected chi connectivity index (χ1v) is 5.86. The minimum Gasteiger partial charge on any atom is -0.350 e. The first-order chi connectivity index (χ1) is 6.78. The topological polar surface area (TPSA) is 41.1 Å². The molecule has 0 bridgehead atoms. The van der Waals surface area contributed by atoms with E-state index in [-0.39, 0.29) is 17.5 Å². The Morgan fingerprint density at radius 2 is 1.87 bits per heavy atom. The summed E-state index contributed by atoms with van der Waals surface area (Å²) < 4.78 is 0. The van der Waals surface area contributed by atoms with E-state index in [4.69, 9.17) is 0 Å².